The summed E-state index contributed by atoms with van der Waals surface area (Å²) in [6.45, 7) is 4.43. The minimum atomic E-state index is -0.142. The molecule has 128 valence electrons. The number of hydrogen-bond donors (Lipinski definition) is 1. The van der Waals surface area contributed by atoms with Gasteiger partial charge in [-0.25, -0.2) is 15.0 Å². The fraction of sp³-hybridized carbons (Fsp3) is 0.222. The molecule has 7 nitrogen and oxygen atoms in total. The highest BCUT2D eigenvalue weighted by atomic mass is 16.5. The molecule has 0 atom stereocenters. The zero-order valence-electron chi connectivity index (χ0n) is 14.1. The Kier molecular flexibility index (Phi) is 5.03. The number of carbonyl (C=O) groups is 1. The molecule has 1 aromatic carbocycles. The number of imidazole rings is 1. The van der Waals surface area contributed by atoms with Crippen molar-refractivity contribution >= 4 is 11.7 Å². The average Bonchev–Trinajstić information content (AvgIpc) is 3.03. The van der Waals surface area contributed by atoms with Gasteiger partial charge in [-0.2, -0.15) is 0 Å². The normalized spacial score (nSPS) is 10.5. The zero-order valence-corrected chi connectivity index (χ0v) is 14.1. The minimum Gasteiger partial charge on any atom is -0.494 e. The average molecular weight is 337 g/mol. The number of carbonyl (C=O) groups excluding carboxylic acids is 1. The van der Waals surface area contributed by atoms with E-state index in [9.17, 15) is 4.79 Å². The summed E-state index contributed by atoms with van der Waals surface area (Å²) in [5.41, 5.74) is 0.903. The Hall–Kier alpha value is -3.22. The van der Waals surface area contributed by atoms with E-state index in [0.29, 0.717) is 18.2 Å². The van der Waals surface area contributed by atoms with Crippen LogP contribution in [0.25, 0.3) is 5.82 Å². The van der Waals surface area contributed by atoms with Crippen molar-refractivity contribution in [1.82, 2.24) is 19.5 Å². The summed E-state index contributed by atoms with van der Waals surface area (Å²) < 4.78 is 7.22. The van der Waals surface area contributed by atoms with Crippen LogP contribution >= 0.6 is 0 Å². The minimum absolute atomic E-state index is 0.142. The van der Waals surface area contributed by atoms with Gasteiger partial charge >= 0.3 is 0 Å². The van der Waals surface area contributed by atoms with E-state index in [4.69, 9.17) is 4.74 Å². The first kappa shape index (κ1) is 16.6. The fourth-order valence-corrected chi connectivity index (χ4v) is 2.41. The van der Waals surface area contributed by atoms with Crippen LogP contribution in [0.2, 0.25) is 0 Å². The molecule has 0 radical (unpaired) electrons. The highest BCUT2D eigenvalue weighted by Gasteiger charge is 2.08. The van der Waals surface area contributed by atoms with Gasteiger partial charge in [-0.15, -0.1) is 0 Å². The third-order valence-corrected chi connectivity index (χ3v) is 3.59. The summed E-state index contributed by atoms with van der Waals surface area (Å²) in [6, 6.07) is 9.19. The van der Waals surface area contributed by atoms with Crippen LogP contribution in [0.3, 0.4) is 0 Å². The Morgan fingerprint density at radius 1 is 1.20 bits per heavy atom. The Labute approximate surface area is 145 Å². The summed E-state index contributed by atoms with van der Waals surface area (Å²) in [4.78, 5) is 24.7. The molecule has 0 saturated carbocycles. The standard InChI is InChI=1S/C18H19N5O2/c1-3-25-15-6-4-14(5-7-15)10-18(24)22-16-11-17(21-12-20-16)23-9-8-19-13(23)2/h4-9,11-12H,3,10H2,1-2H3,(H,20,21,22,24). The molecule has 0 fully saturated rings. The number of hydrogen-bond acceptors (Lipinski definition) is 5. The number of aromatic nitrogens is 4. The Morgan fingerprint density at radius 3 is 2.68 bits per heavy atom. The SMILES string of the molecule is CCOc1ccc(CC(=O)Nc2cc(-n3ccnc3C)ncn2)cc1. The van der Waals surface area contributed by atoms with Crippen LogP contribution < -0.4 is 10.1 Å². The molecule has 0 saturated heterocycles. The van der Waals surface area contributed by atoms with Crippen molar-refractivity contribution in [3.63, 3.8) is 0 Å². The fourth-order valence-electron chi connectivity index (χ4n) is 2.41. The molecule has 3 aromatic rings. The summed E-state index contributed by atoms with van der Waals surface area (Å²) in [5, 5.41) is 2.80. The van der Waals surface area contributed by atoms with Crippen LogP contribution in [-0.4, -0.2) is 32.0 Å². The molecule has 2 aromatic heterocycles. The van der Waals surface area contributed by atoms with Gasteiger partial charge in [0.1, 0.15) is 29.5 Å². The topological polar surface area (TPSA) is 81.9 Å². The van der Waals surface area contributed by atoms with Crippen LogP contribution in [0.15, 0.2) is 49.1 Å². The smallest absolute Gasteiger partial charge is 0.229 e. The Bertz CT molecular complexity index is 858. The highest BCUT2D eigenvalue weighted by molar-refractivity contribution is 5.91. The number of benzene rings is 1. The van der Waals surface area contributed by atoms with E-state index in [0.717, 1.165) is 17.1 Å². The second-order valence-corrected chi connectivity index (χ2v) is 5.41. The van der Waals surface area contributed by atoms with Crippen molar-refractivity contribution in [1.29, 1.82) is 0 Å². The lowest BCUT2D eigenvalue weighted by Crippen LogP contribution is -2.16. The van der Waals surface area contributed by atoms with Gasteiger partial charge in [0.05, 0.1) is 13.0 Å². The van der Waals surface area contributed by atoms with Gasteiger partial charge < -0.3 is 10.1 Å². The monoisotopic (exact) mass is 337 g/mol. The summed E-state index contributed by atoms with van der Waals surface area (Å²) in [6.07, 6.45) is 5.18. The van der Waals surface area contributed by atoms with Crippen molar-refractivity contribution < 1.29 is 9.53 Å². The number of ether oxygens (including phenoxy) is 1. The molecule has 2 heterocycles. The van der Waals surface area contributed by atoms with Crippen LogP contribution in [0.5, 0.6) is 5.75 Å². The third kappa shape index (κ3) is 4.20. The number of amides is 1. The van der Waals surface area contributed by atoms with E-state index in [2.05, 4.69) is 20.3 Å². The summed E-state index contributed by atoms with van der Waals surface area (Å²) in [7, 11) is 0. The van der Waals surface area contributed by atoms with Crippen molar-refractivity contribution in [3.8, 4) is 11.6 Å². The molecular formula is C18H19N5O2. The molecule has 25 heavy (non-hydrogen) atoms. The van der Waals surface area contributed by atoms with Crippen molar-refractivity contribution in [2.45, 2.75) is 20.3 Å². The maximum atomic E-state index is 12.2. The van der Waals surface area contributed by atoms with Gasteiger partial charge in [0, 0.05) is 18.5 Å². The van der Waals surface area contributed by atoms with E-state index < -0.39 is 0 Å². The van der Waals surface area contributed by atoms with Crippen LogP contribution in [-0.2, 0) is 11.2 Å². The first-order valence-corrected chi connectivity index (χ1v) is 7.99. The summed E-state index contributed by atoms with van der Waals surface area (Å²) >= 11 is 0. The largest absolute Gasteiger partial charge is 0.494 e. The number of nitrogens with zero attached hydrogens (tertiary/aromatic N) is 4. The number of anilines is 1. The molecule has 3 rings (SSSR count). The van der Waals surface area contributed by atoms with E-state index in [1.165, 1.54) is 6.33 Å². The molecule has 7 heteroatoms. The molecule has 0 aliphatic rings. The molecular weight excluding hydrogens is 318 g/mol. The molecule has 0 spiro atoms. The lowest BCUT2D eigenvalue weighted by Gasteiger charge is -2.08. The van der Waals surface area contributed by atoms with Crippen molar-refractivity contribution in [2.75, 3.05) is 11.9 Å². The lowest BCUT2D eigenvalue weighted by molar-refractivity contribution is -0.115. The molecule has 1 amide bonds. The predicted molar refractivity (Wildman–Crippen MR) is 93.8 cm³/mol. The van der Waals surface area contributed by atoms with Gasteiger partial charge in [-0.3, -0.25) is 9.36 Å². The molecule has 0 unspecified atom stereocenters. The second kappa shape index (κ2) is 7.57. The van der Waals surface area contributed by atoms with E-state index in [-0.39, 0.29) is 12.3 Å². The van der Waals surface area contributed by atoms with Crippen LogP contribution in [0.1, 0.15) is 18.3 Å². The van der Waals surface area contributed by atoms with E-state index in [1.54, 1.807) is 12.3 Å². The number of nitrogens with one attached hydrogen (secondary N) is 1. The third-order valence-electron chi connectivity index (χ3n) is 3.59. The first-order valence-electron chi connectivity index (χ1n) is 7.99. The van der Waals surface area contributed by atoms with E-state index >= 15 is 0 Å². The zero-order chi connectivity index (χ0) is 17.6. The Morgan fingerprint density at radius 2 is 2.00 bits per heavy atom. The van der Waals surface area contributed by atoms with Gasteiger partial charge in [0.15, 0.2) is 0 Å². The van der Waals surface area contributed by atoms with E-state index in [1.807, 2.05) is 48.9 Å². The molecule has 1 N–H and O–H groups in total. The molecule has 0 aliphatic carbocycles. The Balaban J connectivity index is 1.66. The van der Waals surface area contributed by atoms with Crippen molar-refractivity contribution in [2.24, 2.45) is 0 Å². The maximum absolute atomic E-state index is 12.2. The quantitative estimate of drug-likeness (QED) is 0.747. The maximum Gasteiger partial charge on any atom is 0.229 e. The van der Waals surface area contributed by atoms with Crippen LogP contribution in [0, 0.1) is 6.92 Å². The van der Waals surface area contributed by atoms with Gasteiger partial charge in [0.2, 0.25) is 5.91 Å². The predicted octanol–water partition coefficient (Wildman–Crippen LogP) is 2.55. The molecule has 0 bridgehead atoms. The van der Waals surface area contributed by atoms with Gasteiger partial charge in [-0.05, 0) is 31.5 Å². The second-order valence-electron chi connectivity index (χ2n) is 5.41. The summed E-state index contributed by atoms with van der Waals surface area (Å²) in [5.74, 6) is 2.57. The van der Waals surface area contributed by atoms with Crippen LogP contribution in [0.4, 0.5) is 5.82 Å². The highest BCUT2D eigenvalue weighted by Crippen LogP contribution is 2.14. The first-order chi connectivity index (χ1) is 12.2. The van der Waals surface area contributed by atoms with Gasteiger partial charge in [-0.1, -0.05) is 12.1 Å². The van der Waals surface area contributed by atoms with Crippen molar-refractivity contribution in [3.05, 3.63) is 60.4 Å². The number of aryl methyl sites for hydroxylation is 1. The number of rotatable bonds is 6. The van der Waals surface area contributed by atoms with Gasteiger partial charge in [0.25, 0.3) is 0 Å². The lowest BCUT2D eigenvalue weighted by atomic mass is 10.1. The molecule has 0 aliphatic heterocycles.